The van der Waals surface area contributed by atoms with Gasteiger partial charge in [-0.05, 0) is 25.7 Å². The predicted molar refractivity (Wildman–Crippen MR) is 77.0 cm³/mol. The quantitative estimate of drug-likeness (QED) is 0.896. The SMILES string of the molecule is COc1ncc(CN2CCC3(CC2)OCCC[C@@H]3O)cn1. The minimum absolute atomic E-state index is 0.300. The summed E-state index contributed by atoms with van der Waals surface area (Å²) in [6.45, 7) is 3.48. The monoisotopic (exact) mass is 293 g/mol. The van der Waals surface area contributed by atoms with Crippen molar-refractivity contribution in [2.75, 3.05) is 26.8 Å². The summed E-state index contributed by atoms with van der Waals surface area (Å²) in [6, 6.07) is 0.398. The summed E-state index contributed by atoms with van der Waals surface area (Å²) in [5.74, 6) is 0. The number of piperidine rings is 1. The molecule has 2 aliphatic heterocycles. The normalized spacial score (nSPS) is 25.9. The van der Waals surface area contributed by atoms with Crippen LogP contribution >= 0.6 is 0 Å². The van der Waals surface area contributed by atoms with Gasteiger partial charge in [0, 0.05) is 44.2 Å². The molecule has 2 saturated heterocycles. The van der Waals surface area contributed by atoms with Crippen molar-refractivity contribution < 1.29 is 14.6 Å². The van der Waals surface area contributed by atoms with Crippen molar-refractivity contribution in [2.45, 2.75) is 43.9 Å². The van der Waals surface area contributed by atoms with E-state index < -0.39 is 0 Å². The molecule has 1 spiro atoms. The van der Waals surface area contributed by atoms with Gasteiger partial charge < -0.3 is 14.6 Å². The largest absolute Gasteiger partial charge is 0.467 e. The van der Waals surface area contributed by atoms with Gasteiger partial charge in [-0.2, -0.15) is 0 Å². The molecule has 0 aromatic carbocycles. The second-order valence-corrected chi connectivity index (χ2v) is 5.93. The summed E-state index contributed by atoms with van der Waals surface area (Å²) in [5, 5.41) is 10.2. The summed E-state index contributed by atoms with van der Waals surface area (Å²) >= 11 is 0. The van der Waals surface area contributed by atoms with E-state index in [2.05, 4.69) is 14.9 Å². The Morgan fingerprint density at radius 1 is 1.38 bits per heavy atom. The average Bonchev–Trinajstić information content (AvgIpc) is 2.53. The second kappa shape index (κ2) is 6.25. The highest BCUT2D eigenvalue weighted by Gasteiger charge is 2.43. The van der Waals surface area contributed by atoms with Gasteiger partial charge in [0.25, 0.3) is 0 Å². The number of aliphatic hydroxyl groups is 1. The highest BCUT2D eigenvalue weighted by Crippen LogP contribution is 2.35. The van der Waals surface area contributed by atoms with E-state index >= 15 is 0 Å². The van der Waals surface area contributed by atoms with E-state index in [0.29, 0.717) is 6.01 Å². The molecule has 3 rings (SSSR count). The lowest BCUT2D eigenvalue weighted by atomic mass is 9.82. The first-order valence-electron chi connectivity index (χ1n) is 7.61. The number of methoxy groups -OCH3 is 1. The highest BCUT2D eigenvalue weighted by molar-refractivity contribution is 5.08. The molecule has 6 nitrogen and oxygen atoms in total. The number of nitrogens with zero attached hydrogens (tertiary/aromatic N) is 3. The molecule has 2 fully saturated rings. The van der Waals surface area contributed by atoms with E-state index in [1.807, 2.05) is 12.4 Å². The third-order valence-corrected chi connectivity index (χ3v) is 4.59. The topological polar surface area (TPSA) is 67.7 Å². The first kappa shape index (κ1) is 14.7. The predicted octanol–water partition coefficient (Wildman–Crippen LogP) is 0.991. The smallest absolute Gasteiger partial charge is 0.316 e. The maximum atomic E-state index is 10.2. The van der Waals surface area contributed by atoms with Crippen molar-refractivity contribution in [3.8, 4) is 6.01 Å². The molecule has 2 aliphatic rings. The Morgan fingerprint density at radius 2 is 2.10 bits per heavy atom. The molecular weight excluding hydrogens is 270 g/mol. The number of aromatic nitrogens is 2. The molecule has 0 radical (unpaired) electrons. The lowest BCUT2D eigenvalue weighted by Gasteiger charge is -2.46. The minimum Gasteiger partial charge on any atom is -0.467 e. The maximum absolute atomic E-state index is 10.2. The molecule has 0 bridgehead atoms. The Hall–Kier alpha value is -1.24. The van der Waals surface area contributed by atoms with Crippen molar-refractivity contribution >= 4 is 0 Å². The Morgan fingerprint density at radius 3 is 2.71 bits per heavy atom. The lowest BCUT2D eigenvalue weighted by Crippen LogP contribution is -2.55. The molecule has 6 heteroatoms. The zero-order valence-corrected chi connectivity index (χ0v) is 12.5. The van der Waals surface area contributed by atoms with Gasteiger partial charge >= 0.3 is 6.01 Å². The molecule has 1 N–H and O–H groups in total. The van der Waals surface area contributed by atoms with Gasteiger partial charge in [-0.3, -0.25) is 4.90 Å². The Balaban J connectivity index is 1.55. The first-order valence-corrected chi connectivity index (χ1v) is 7.61. The average molecular weight is 293 g/mol. The highest BCUT2D eigenvalue weighted by atomic mass is 16.5. The van der Waals surface area contributed by atoms with Crippen LogP contribution in [0.3, 0.4) is 0 Å². The molecule has 21 heavy (non-hydrogen) atoms. The van der Waals surface area contributed by atoms with Gasteiger partial charge in [0.05, 0.1) is 18.8 Å². The summed E-state index contributed by atoms with van der Waals surface area (Å²) in [6.07, 6.45) is 6.93. The third-order valence-electron chi connectivity index (χ3n) is 4.59. The molecule has 116 valence electrons. The molecule has 1 aromatic heterocycles. The zero-order valence-electron chi connectivity index (χ0n) is 12.5. The van der Waals surface area contributed by atoms with E-state index in [9.17, 15) is 5.11 Å². The van der Waals surface area contributed by atoms with E-state index in [-0.39, 0.29) is 11.7 Å². The number of aliphatic hydroxyl groups excluding tert-OH is 1. The molecule has 0 aliphatic carbocycles. The molecule has 3 heterocycles. The molecule has 0 amide bonds. The standard InChI is InChI=1S/C15H23N3O3/c1-20-14-16-9-12(10-17-14)11-18-6-4-15(5-7-18)13(19)3-2-8-21-15/h9-10,13,19H,2-8,11H2,1H3/t13-/m0/s1. The van der Waals surface area contributed by atoms with Crippen LogP contribution in [-0.4, -0.2) is 58.5 Å². The first-order chi connectivity index (χ1) is 10.2. The number of rotatable bonds is 3. The van der Waals surface area contributed by atoms with E-state index in [4.69, 9.17) is 9.47 Å². The van der Waals surface area contributed by atoms with Crippen LogP contribution < -0.4 is 4.74 Å². The summed E-state index contributed by atoms with van der Waals surface area (Å²) in [7, 11) is 1.56. The van der Waals surface area contributed by atoms with E-state index in [1.165, 1.54) is 0 Å². The Labute approximate surface area is 125 Å². The zero-order chi connectivity index (χ0) is 14.7. The van der Waals surface area contributed by atoms with Gasteiger partial charge in [0.2, 0.25) is 0 Å². The van der Waals surface area contributed by atoms with Crippen molar-refractivity contribution in [1.82, 2.24) is 14.9 Å². The van der Waals surface area contributed by atoms with Gasteiger partial charge in [-0.1, -0.05) is 0 Å². The molecule has 1 aromatic rings. The van der Waals surface area contributed by atoms with E-state index in [0.717, 1.165) is 57.5 Å². The van der Waals surface area contributed by atoms with Crippen molar-refractivity contribution in [3.63, 3.8) is 0 Å². The fourth-order valence-corrected chi connectivity index (χ4v) is 3.27. The van der Waals surface area contributed by atoms with Crippen LogP contribution in [0.15, 0.2) is 12.4 Å². The van der Waals surface area contributed by atoms with Crippen molar-refractivity contribution in [3.05, 3.63) is 18.0 Å². The second-order valence-electron chi connectivity index (χ2n) is 5.93. The van der Waals surface area contributed by atoms with Gasteiger partial charge in [-0.25, -0.2) is 9.97 Å². The van der Waals surface area contributed by atoms with Crippen LogP contribution in [-0.2, 0) is 11.3 Å². The fraction of sp³-hybridized carbons (Fsp3) is 0.733. The Bertz CT molecular complexity index is 458. The van der Waals surface area contributed by atoms with Crippen LogP contribution in [0, 0.1) is 0 Å². The maximum Gasteiger partial charge on any atom is 0.316 e. The van der Waals surface area contributed by atoms with Crippen LogP contribution in [0.2, 0.25) is 0 Å². The number of hydrogen-bond donors (Lipinski definition) is 1. The molecule has 0 unspecified atom stereocenters. The minimum atomic E-state index is -0.308. The van der Waals surface area contributed by atoms with Gasteiger partial charge in [0.1, 0.15) is 0 Å². The summed E-state index contributed by atoms with van der Waals surface area (Å²) in [5.41, 5.74) is 0.780. The van der Waals surface area contributed by atoms with Crippen molar-refractivity contribution in [1.29, 1.82) is 0 Å². The Kier molecular flexibility index (Phi) is 4.37. The summed E-state index contributed by atoms with van der Waals surface area (Å²) in [4.78, 5) is 10.6. The van der Waals surface area contributed by atoms with Gasteiger partial charge in [-0.15, -0.1) is 0 Å². The van der Waals surface area contributed by atoms with Crippen LogP contribution in [0.1, 0.15) is 31.2 Å². The lowest BCUT2D eigenvalue weighted by molar-refractivity contribution is -0.177. The molecule has 0 saturated carbocycles. The number of ether oxygens (including phenoxy) is 2. The molecular formula is C15H23N3O3. The van der Waals surface area contributed by atoms with Crippen LogP contribution in [0.4, 0.5) is 0 Å². The van der Waals surface area contributed by atoms with Gasteiger partial charge in [0.15, 0.2) is 0 Å². The number of hydrogen-bond acceptors (Lipinski definition) is 6. The molecule has 1 atom stereocenters. The number of likely N-dealkylation sites (tertiary alicyclic amines) is 1. The van der Waals surface area contributed by atoms with Crippen LogP contribution in [0.25, 0.3) is 0 Å². The van der Waals surface area contributed by atoms with Crippen molar-refractivity contribution in [2.24, 2.45) is 0 Å². The fourth-order valence-electron chi connectivity index (χ4n) is 3.27. The summed E-state index contributed by atoms with van der Waals surface area (Å²) < 4.78 is 10.9. The van der Waals surface area contributed by atoms with Crippen LogP contribution in [0.5, 0.6) is 6.01 Å². The third kappa shape index (κ3) is 3.17. The van der Waals surface area contributed by atoms with E-state index in [1.54, 1.807) is 7.11 Å².